The summed E-state index contributed by atoms with van der Waals surface area (Å²) in [5, 5.41) is 10.3. The van der Waals surface area contributed by atoms with Crippen LogP contribution in [0.2, 0.25) is 16.6 Å². The molecule has 0 bridgehead atoms. The largest absolute Gasteiger partial charge is 0.482 e. The summed E-state index contributed by atoms with van der Waals surface area (Å²) < 4.78 is 31.1. The first kappa shape index (κ1) is 38.3. The average Bonchev–Trinajstić information content (AvgIpc) is 3.10. The molecule has 2 aliphatic heterocycles. The van der Waals surface area contributed by atoms with Gasteiger partial charge in [-0.1, -0.05) is 65.8 Å². The number of fused-ring (bicyclic) bond motifs is 1. The highest BCUT2D eigenvalue weighted by Gasteiger charge is 2.51. The summed E-state index contributed by atoms with van der Waals surface area (Å²) in [7, 11) is -0.802. The zero-order valence-electron chi connectivity index (χ0n) is 30.9. The Hall–Kier alpha value is -3.97. The summed E-state index contributed by atoms with van der Waals surface area (Å²) in [6.45, 7) is 15.1. The van der Waals surface area contributed by atoms with E-state index in [9.17, 15) is 14.7 Å². The fourth-order valence-electron chi connectivity index (χ4n) is 7.94. The van der Waals surface area contributed by atoms with Gasteiger partial charge in [-0.05, 0) is 64.5 Å². The van der Waals surface area contributed by atoms with E-state index in [1.807, 2.05) is 54.6 Å². The van der Waals surface area contributed by atoms with E-state index in [1.165, 1.54) is 4.90 Å². The number of amides is 2. The van der Waals surface area contributed by atoms with E-state index in [0.717, 1.165) is 11.1 Å². The number of hydrogen-bond acceptors (Lipinski definition) is 8. The molecule has 0 saturated carbocycles. The Morgan fingerprint density at radius 3 is 2.31 bits per heavy atom. The van der Waals surface area contributed by atoms with Gasteiger partial charge in [-0.15, -0.1) is 0 Å². The molecule has 12 heteroatoms. The lowest BCUT2D eigenvalue weighted by Gasteiger charge is -2.50. The summed E-state index contributed by atoms with van der Waals surface area (Å²) in [5.74, 6) is 1.41. The van der Waals surface area contributed by atoms with Crippen molar-refractivity contribution in [2.24, 2.45) is 0 Å². The van der Waals surface area contributed by atoms with Gasteiger partial charge in [0.1, 0.15) is 11.5 Å². The quantitative estimate of drug-likeness (QED) is 0.124. The number of carbonyl (C=O) groups is 2. The van der Waals surface area contributed by atoms with E-state index in [2.05, 4.69) is 46.5 Å². The minimum absolute atomic E-state index is 0.00831. The number of benzene rings is 2. The number of ether oxygens (including phenoxy) is 4. The highest BCUT2D eigenvalue weighted by atomic mass is 28.4. The maximum atomic E-state index is 12.8. The molecule has 276 valence electrons. The van der Waals surface area contributed by atoms with Crippen molar-refractivity contribution >= 4 is 26.0 Å². The van der Waals surface area contributed by atoms with Crippen LogP contribution < -0.4 is 14.4 Å². The Labute approximate surface area is 302 Å². The second-order valence-corrected chi connectivity index (χ2v) is 19.8. The molecule has 5 rings (SSSR count). The first-order valence-corrected chi connectivity index (χ1v) is 20.1. The lowest BCUT2D eigenvalue weighted by molar-refractivity contribution is -0.121. The SMILES string of the molecule is COCCCN1C(=O)COc2ccc(COC3CN(C(=O)O)CC(O[Si](C(C)C)(C(C)C)C(C)C)C3c3ccc(Oc4ccccn4)cc3)cc21. The Bertz CT molecular complexity index is 1580. The van der Waals surface area contributed by atoms with Crippen molar-refractivity contribution in [1.29, 1.82) is 0 Å². The van der Waals surface area contributed by atoms with Crippen LogP contribution >= 0.6 is 0 Å². The van der Waals surface area contributed by atoms with Crippen molar-refractivity contribution in [1.82, 2.24) is 9.88 Å². The molecule has 3 unspecified atom stereocenters. The predicted molar refractivity (Wildman–Crippen MR) is 198 cm³/mol. The van der Waals surface area contributed by atoms with Gasteiger partial charge in [-0.25, -0.2) is 9.78 Å². The fourth-order valence-corrected chi connectivity index (χ4v) is 13.5. The number of anilines is 1. The van der Waals surface area contributed by atoms with Crippen molar-refractivity contribution < 1.29 is 38.1 Å². The summed E-state index contributed by atoms with van der Waals surface area (Å²) in [6, 6.07) is 19.1. The second kappa shape index (κ2) is 17.0. The molecule has 1 N–H and O–H groups in total. The van der Waals surface area contributed by atoms with Crippen LogP contribution in [0.5, 0.6) is 17.4 Å². The van der Waals surface area contributed by atoms with Crippen molar-refractivity contribution in [2.45, 2.75) is 89.3 Å². The van der Waals surface area contributed by atoms with Crippen molar-refractivity contribution in [3.63, 3.8) is 0 Å². The molecule has 2 aromatic carbocycles. The number of hydrogen-bond donors (Lipinski definition) is 1. The number of pyridine rings is 1. The number of aromatic nitrogens is 1. The first-order chi connectivity index (χ1) is 24.4. The number of piperidine rings is 1. The van der Waals surface area contributed by atoms with Gasteiger partial charge in [-0.2, -0.15) is 0 Å². The van der Waals surface area contributed by atoms with Crippen LogP contribution in [0.25, 0.3) is 0 Å². The summed E-state index contributed by atoms with van der Waals surface area (Å²) in [5.41, 5.74) is 3.44. The molecule has 1 fully saturated rings. The zero-order valence-corrected chi connectivity index (χ0v) is 31.9. The molecule has 3 heterocycles. The summed E-state index contributed by atoms with van der Waals surface area (Å²) >= 11 is 0. The van der Waals surface area contributed by atoms with Gasteiger partial charge in [0.25, 0.3) is 5.91 Å². The van der Waals surface area contributed by atoms with E-state index >= 15 is 0 Å². The minimum Gasteiger partial charge on any atom is -0.482 e. The standard InChI is InChI=1S/C39H53N3O8Si/c1-26(2)51(27(3)4,28(5)6)50-35-23-41(39(44)45)22-34(38(35)30-13-15-31(16-14-30)49-36-11-8-9-18-40-36)47-24-29-12-17-33-32(21-29)42(19-10-20-46-7)37(43)25-48-33/h8-9,11-18,21,26-28,34-35,38H,10,19-20,22-25H2,1-7H3,(H,44,45). The van der Waals surface area contributed by atoms with E-state index in [1.54, 1.807) is 24.3 Å². The van der Waals surface area contributed by atoms with Gasteiger partial charge in [-0.3, -0.25) is 4.79 Å². The van der Waals surface area contributed by atoms with Crippen LogP contribution in [0, 0.1) is 0 Å². The molecular formula is C39H53N3O8Si. The third-order valence-corrected chi connectivity index (χ3v) is 16.3. The van der Waals surface area contributed by atoms with Crippen LogP contribution in [-0.4, -0.2) is 87.5 Å². The molecular weight excluding hydrogens is 667 g/mol. The predicted octanol–water partition coefficient (Wildman–Crippen LogP) is 7.86. The number of methoxy groups -OCH3 is 1. The van der Waals surface area contributed by atoms with Gasteiger partial charge in [0.2, 0.25) is 14.2 Å². The number of carboxylic acid groups (broad SMARTS) is 1. The molecule has 3 aromatic rings. The van der Waals surface area contributed by atoms with E-state index in [-0.39, 0.29) is 38.1 Å². The van der Waals surface area contributed by atoms with Crippen molar-refractivity contribution in [3.8, 4) is 17.4 Å². The Morgan fingerprint density at radius 1 is 0.980 bits per heavy atom. The molecule has 2 aliphatic rings. The third-order valence-electron chi connectivity index (χ3n) is 10.2. The maximum Gasteiger partial charge on any atom is 0.407 e. The zero-order chi connectivity index (χ0) is 36.7. The van der Waals surface area contributed by atoms with E-state index in [0.29, 0.717) is 59.3 Å². The fraction of sp³-hybridized carbons (Fsp3) is 0.513. The number of carbonyl (C=O) groups excluding carboxylic acids is 1. The second-order valence-electron chi connectivity index (χ2n) is 14.4. The van der Waals surface area contributed by atoms with Gasteiger partial charge in [0.15, 0.2) is 6.61 Å². The molecule has 3 atom stereocenters. The number of nitrogens with zero attached hydrogens (tertiary/aromatic N) is 3. The van der Waals surface area contributed by atoms with Crippen molar-refractivity contribution in [3.05, 3.63) is 78.0 Å². The van der Waals surface area contributed by atoms with Crippen LogP contribution in [-0.2, 0) is 25.3 Å². The average molecular weight is 720 g/mol. The maximum absolute atomic E-state index is 12.8. The molecule has 1 saturated heterocycles. The third kappa shape index (κ3) is 8.74. The highest BCUT2D eigenvalue weighted by molar-refractivity contribution is 6.77. The lowest BCUT2D eigenvalue weighted by atomic mass is 9.84. The molecule has 51 heavy (non-hydrogen) atoms. The lowest BCUT2D eigenvalue weighted by Crippen LogP contribution is -2.59. The molecule has 0 spiro atoms. The van der Waals surface area contributed by atoms with Crippen LogP contribution in [0.3, 0.4) is 0 Å². The number of rotatable bonds is 15. The molecule has 0 radical (unpaired) electrons. The Balaban J connectivity index is 1.48. The van der Waals surface area contributed by atoms with E-state index in [4.69, 9.17) is 23.4 Å². The first-order valence-electron chi connectivity index (χ1n) is 18.0. The summed E-state index contributed by atoms with van der Waals surface area (Å²) in [4.78, 5) is 32.9. The van der Waals surface area contributed by atoms with E-state index < -0.39 is 26.6 Å². The van der Waals surface area contributed by atoms with Gasteiger partial charge >= 0.3 is 6.09 Å². The smallest absolute Gasteiger partial charge is 0.407 e. The Morgan fingerprint density at radius 2 is 1.69 bits per heavy atom. The topological polar surface area (TPSA) is 120 Å². The molecule has 0 aliphatic carbocycles. The van der Waals surface area contributed by atoms with Crippen LogP contribution in [0.4, 0.5) is 10.5 Å². The van der Waals surface area contributed by atoms with Crippen molar-refractivity contribution in [2.75, 3.05) is 44.9 Å². The molecule has 1 aromatic heterocycles. The monoisotopic (exact) mass is 719 g/mol. The normalized spacial score (nSPS) is 19.4. The number of likely N-dealkylation sites (tertiary alicyclic amines) is 1. The van der Waals surface area contributed by atoms with Gasteiger partial charge in [0, 0.05) is 45.0 Å². The summed E-state index contributed by atoms with van der Waals surface area (Å²) in [6.07, 6.45) is 0.416. The van der Waals surface area contributed by atoms with Gasteiger partial charge < -0.3 is 38.3 Å². The van der Waals surface area contributed by atoms with Gasteiger partial charge in [0.05, 0.1) is 31.0 Å². The van der Waals surface area contributed by atoms with Crippen LogP contribution in [0.15, 0.2) is 66.9 Å². The highest BCUT2D eigenvalue weighted by Crippen LogP contribution is 2.46. The molecule has 2 amide bonds. The van der Waals surface area contributed by atoms with Crippen LogP contribution in [0.1, 0.15) is 65.0 Å². The minimum atomic E-state index is -2.45. The Kier molecular flexibility index (Phi) is 12.8. The molecule has 11 nitrogen and oxygen atoms in total.